The van der Waals surface area contributed by atoms with Gasteiger partial charge in [-0.15, -0.1) is 0 Å². The van der Waals surface area contributed by atoms with Gasteiger partial charge in [0.1, 0.15) is 0 Å². The van der Waals surface area contributed by atoms with E-state index in [9.17, 15) is 13.5 Å². The van der Waals surface area contributed by atoms with Gasteiger partial charge in [0.05, 0.1) is 17.6 Å². The van der Waals surface area contributed by atoms with Crippen molar-refractivity contribution in [2.75, 3.05) is 16.8 Å². The van der Waals surface area contributed by atoms with E-state index in [0.717, 1.165) is 0 Å². The standard InChI is InChI=1S/C7H13BrO3S/c8-4-7(9)3-6-1-2-12(10,11)5-6/h6-7,9H,1-5H2. The number of aliphatic hydroxyl groups is 1. The molecule has 1 rings (SSSR count). The van der Waals surface area contributed by atoms with Crippen LogP contribution in [-0.2, 0) is 9.84 Å². The van der Waals surface area contributed by atoms with Gasteiger partial charge in [-0.25, -0.2) is 8.42 Å². The van der Waals surface area contributed by atoms with Crippen LogP contribution in [0.25, 0.3) is 0 Å². The number of sulfone groups is 1. The molecule has 0 radical (unpaired) electrons. The van der Waals surface area contributed by atoms with Gasteiger partial charge in [-0.1, -0.05) is 15.9 Å². The van der Waals surface area contributed by atoms with Crippen molar-refractivity contribution >= 4 is 25.8 Å². The minimum Gasteiger partial charge on any atom is -0.392 e. The van der Waals surface area contributed by atoms with E-state index >= 15 is 0 Å². The first-order valence-corrected chi connectivity index (χ1v) is 6.92. The third kappa shape index (κ3) is 3.03. The van der Waals surface area contributed by atoms with Gasteiger partial charge < -0.3 is 5.11 Å². The van der Waals surface area contributed by atoms with Crippen LogP contribution in [0.1, 0.15) is 12.8 Å². The largest absolute Gasteiger partial charge is 0.392 e. The average Bonchev–Trinajstić information content (AvgIpc) is 2.30. The summed E-state index contributed by atoms with van der Waals surface area (Å²) >= 11 is 3.15. The van der Waals surface area contributed by atoms with Crippen LogP contribution < -0.4 is 0 Å². The van der Waals surface area contributed by atoms with E-state index < -0.39 is 15.9 Å². The second-order valence-electron chi connectivity index (χ2n) is 3.31. The lowest BCUT2D eigenvalue weighted by molar-refractivity contribution is 0.171. The van der Waals surface area contributed by atoms with Gasteiger partial charge in [0, 0.05) is 5.33 Å². The maximum absolute atomic E-state index is 11.0. The highest BCUT2D eigenvalue weighted by Gasteiger charge is 2.28. The van der Waals surface area contributed by atoms with Crippen LogP contribution in [0.2, 0.25) is 0 Å². The molecular formula is C7H13BrO3S. The Bertz CT molecular complexity index is 237. The fraction of sp³-hybridized carbons (Fsp3) is 1.00. The minimum atomic E-state index is -2.78. The molecule has 0 aliphatic carbocycles. The summed E-state index contributed by atoms with van der Waals surface area (Å²) in [6, 6.07) is 0. The molecule has 0 saturated carbocycles. The lowest BCUT2D eigenvalue weighted by atomic mass is 10.0. The zero-order valence-corrected chi connectivity index (χ0v) is 9.14. The molecule has 0 aromatic heterocycles. The van der Waals surface area contributed by atoms with Crippen LogP contribution >= 0.6 is 15.9 Å². The van der Waals surface area contributed by atoms with E-state index in [1.807, 2.05) is 0 Å². The number of rotatable bonds is 3. The third-order valence-corrected chi connectivity index (χ3v) is 4.69. The smallest absolute Gasteiger partial charge is 0.150 e. The van der Waals surface area contributed by atoms with Crippen molar-refractivity contribution in [3.63, 3.8) is 0 Å². The van der Waals surface area contributed by atoms with Gasteiger partial charge in [0.25, 0.3) is 0 Å². The monoisotopic (exact) mass is 256 g/mol. The van der Waals surface area contributed by atoms with Crippen molar-refractivity contribution in [3.05, 3.63) is 0 Å². The van der Waals surface area contributed by atoms with E-state index in [4.69, 9.17) is 0 Å². The molecule has 2 atom stereocenters. The molecule has 1 saturated heterocycles. The molecule has 1 fully saturated rings. The van der Waals surface area contributed by atoms with Crippen molar-refractivity contribution in [2.45, 2.75) is 18.9 Å². The fourth-order valence-corrected chi connectivity index (χ4v) is 3.65. The summed E-state index contributed by atoms with van der Waals surface area (Å²) in [6.45, 7) is 0. The van der Waals surface area contributed by atoms with Crippen molar-refractivity contribution in [1.82, 2.24) is 0 Å². The molecule has 0 aromatic carbocycles. The molecule has 3 nitrogen and oxygen atoms in total. The fourth-order valence-electron chi connectivity index (χ4n) is 1.51. The Hall–Kier alpha value is 0.390. The Kier molecular flexibility index (Phi) is 3.55. The summed E-state index contributed by atoms with van der Waals surface area (Å²) in [7, 11) is -2.78. The molecule has 1 heterocycles. The number of hydrogen-bond acceptors (Lipinski definition) is 3. The molecule has 72 valence electrons. The Morgan fingerprint density at radius 2 is 2.25 bits per heavy atom. The van der Waals surface area contributed by atoms with E-state index in [1.54, 1.807) is 0 Å². The zero-order valence-electron chi connectivity index (χ0n) is 6.74. The molecule has 0 amide bonds. The van der Waals surface area contributed by atoms with Gasteiger partial charge in [-0.05, 0) is 18.8 Å². The van der Waals surface area contributed by atoms with E-state index in [1.165, 1.54) is 0 Å². The second kappa shape index (κ2) is 4.07. The van der Waals surface area contributed by atoms with Crippen LogP contribution in [0.3, 0.4) is 0 Å². The molecule has 0 aromatic rings. The first-order chi connectivity index (χ1) is 5.53. The average molecular weight is 257 g/mol. The molecule has 0 spiro atoms. The third-order valence-electron chi connectivity index (χ3n) is 2.11. The zero-order chi connectivity index (χ0) is 9.19. The Balaban J connectivity index is 2.38. The molecule has 0 bridgehead atoms. The maximum Gasteiger partial charge on any atom is 0.150 e. The summed E-state index contributed by atoms with van der Waals surface area (Å²) < 4.78 is 22.0. The summed E-state index contributed by atoms with van der Waals surface area (Å²) in [5.74, 6) is 0.728. The van der Waals surface area contributed by atoms with E-state index in [-0.39, 0.29) is 11.7 Å². The molecular weight excluding hydrogens is 244 g/mol. The maximum atomic E-state index is 11.0. The van der Waals surface area contributed by atoms with E-state index in [0.29, 0.717) is 23.9 Å². The lowest BCUT2D eigenvalue weighted by Crippen LogP contribution is -2.15. The summed E-state index contributed by atoms with van der Waals surface area (Å²) in [5, 5.41) is 9.78. The van der Waals surface area contributed by atoms with Gasteiger partial charge in [-0.3, -0.25) is 0 Å². The van der Waals surface area contributed by atoms with Crippen LogP contribution in [0, 0.1) is 5.92 Å². The second-order valence-corrected chi connectivity index (χ2v) is 6.19. The van der Waals surface area contributed by atoms with Crippen molar-refractivity contribution in [2.24, 2.45) is 5.92 Å². The quantitative estimate of drug-likeness (QED) is 0.752. The highest BCUT2D eigenvalue weighted by molar-refractivity contribution is 9.09. The first kappa shape index (κ1) is 10.5. The highest BCUT2D eigenvalue weighted by atomic mass is 79.9. The molecule has 1 aliphatic heterocycles. The number of hydrogen-bond donors (Lipinski definition) is 1. The van der Waals surface area contributed by atoms with Gasteiger partial charge in [0.2, 0.25) is 0 Å². The molecule has 1 N–H and O–H groups in total. The van der Waals surface area contributed by atoms with Crippen LogP contribution in [0.5, 0.6) is 0 Å². The van der Waals surface area contributed by atoms with Crippen LogP contribution in [-0.4, -0.2) is 36.5 Å². The Morgan fingerprint density at radius 1 is 1.58 bits per heavy atom. The van der Waals surface area contributed by atoms with E-state index in [2.05, 4.69) is 15.9 Å². The normalized spacial score (nSPS) is 30.3. The van der Waals surface area contributed by atoms with Crippen molar-refractivity contribution in [1.29, 1.82) is 0 Å². The topological polar surface area (TPSA) is 54.4 Å². The summed E-state index contributed by atoms with van der Waals surface area (Å²) in [6.07, 6.45) is 0.917. The lowest BCUT2D eigenvalue weighted by Gasteiger charge is -2.10. The van der Waals surface area contributed by atoms with Crippen LogP contribution in [0.4, 0.5) is 0 Å². The molecule has 12 heavy (non-hydrogen) atoms. The molecule has 2 unspecified atom stereocenters. The molecule has 5 heteroatoms. The highest BCUT2D eigenvalue weighted by Crippen LogP contribution is 2.23. The summed E-state index contributed by atoms with van der Waals surface area (Å²) in [5.41, 5.74) is 0. The first-order valence-electron chi connectivity index (χ1n) is 3.98. The number of alkyl halides is 1. The Morgan fingerprint density at radius 3 is 2.67 bits per heavy atom. The SMILES string of the molecule is O=S1(=O)CCC(CC(O)CBr)C1. The predicted octanol–water partition coefficient (Wildman–Crippen LogP) is 0.567. The van der Waals surface area contributed by atoms with Crippen molar-refractivity contribution in [3.8, 4) is 0 Å². The van der Waals surface area contributed by atoms with Crippen LogP contribution in [0.15, 0.2) is 0 Å². The predicted molar refractivity (Wildman–Crippen MR) is 51.2 cm³/mol. The Labute approximate surface area is 81.2 Å². The van der Waals surface area contributed by atoms with Gasteiger partial charge in [-0.2, -0.15) is 0 Å². The molecule has 1 aliphatic rings. The van der Waals surface area contributed by atoms with Crippen molar-refractivity contribution < 1.29 is 13.5 Å². The summed E-state index contributed by atoms with van der Waals surface area (Å²) in [4.78, 5) is 0. The number of halogens is 1. The minimum absolute atomic E-state index is 0.169. The number of aliphatic hydroxyl groups excluding tert-OH is 1. The van der Waals surface area contributed by atoms with Gasteiger partial charge >= 0.3 is 0 Å². The van der Waals surface area contributed by atoms with Gasteiger partial charge in [0.15, 0.2) is 9.84 Å².